The van der Waals surface area contributed by atoms with Crippen LogP contribution in [0.4, 0.5) is 0 Å². The third-order valence-corrected chi connectivity index (χ3v) is 2.78. The highest BCUT2D eigenvalue weighted by Gasteiger charge is 2.24. The topological polar surface area (TPSA) is 45.0 Å². The normalized spacial score (nSPS) is 17.2. The van der Waals surface area contributed by atoms with E-state index in [1.165, 1.54) is 0 Å². The molecular formula is C13H26N2O. The summed E-state index contributed by atoms with van der Waals surface area (Å²) < 4.78 is 5.69. The van der Waals surface area contributed by atoms with Crippen molar-refractivity contribution >= 4 is 0 Å². The van der Waals surface area contributed by atoms with E-state index in [0.717, 1.165) is 6.42 Å². The van der Waals surface area contributed by atoms with Gasteiger partial charge in [-0.15, -0.1) is 0 Å². The predicted molar refractivity (Wildman–Crippen MR) is 67.2 cm³/mol. The molecule has 0 saturated carbocycles. The molecule has 0 aliphatic heterocycles. The molecule has 16 heavy (non-hydrogen) atoms. The van der Waals surface area contributed by atoms with Crippen LogP contribution in [0, 0.1) is 17.2 Å². The molecule has 2 unspecified atom stereocenters. The third-order valence-electron chi connectivity index (χ3n) is 2.78. The summed E-state index contributed by atoms with van der Waals surface area (Å²) in [7, 11) is 0. The first-order valence-corrected chi connectivity index (χ1v) is 6.11. The minimum Gasteiger partial charge on any atom is -0.378 e. The van der Waals surface area contributed by atoms with Crippen LogP contribution in [0.5, 0.6) is 0 Å². The summed E-state index contributed by atoms with van der Waals surface area (Å²) in [5, 5.41) is 12.4. The fourth-order valence-electron chi connectivity index (χ4n) is 1.44. The van der Waals surface area contributed by atoms with Gasteiger partial charge in [0.1, 0.15) is 5.54 Å². The van der Waals surface area contributed by atoms with Gasteiger partial charge in [0.2, 0.25) is 0 Å². The first kappa shape index (κ1) is 15.4. The van der Waals surface area contributed by atoms with Crippen molar-refractivity contribution in [2.24, 2.45) is 5.92 Å². The minimum absolute atomic E-state index is 0.252. The van der Waals surface area contributed by atoms with Crippen LogP contribution in [0.3, 0.4) is 0 Å². The van der Waals surface area contributed by atoms with Gasteiger partial charge in [0.25, 0.3) is 0 Å². The average molecular weight is 226 g/mol. The molecule has 0 saturated heterocycles. The Morgan fingerprint density at radius 2 is 1.81 bits per heavy atom. The average Bonchev–Trinajstić information content (AvgIpc) is 2.16. The molecule has 0 aliphatic carbocycles. The number of nitrogens with one attached hydrogen (secondary N) is 1. The zero-order valence-electron chi connectivity index (χ0n) is 11.5. The van der Waals surface area contributed by atoms with E-state index in [2.05, 4.69) is 32.2 Å². The first-order valence-electron chi connectivity index (χ1n) is 6.11. The summed E-state index contributed by atoms with van der Waals surface area (Å²) in [6.45, 7) is 13.0. The zero-order valence-corrected chi connectivity index (χ0v) is 11.5. The molecule has 0 aromatic carbocycles. The van der Waals surface area contributed by atoms with E-state index in [0.29, 0.717) is 18.6 Å². The van der Waals surface area contributed by atoms with E-state index in [9.17, 15) is 0 Å². The molecule has 1 N–H and O–H groups in total. The Morgan fingerprint density at radius 3 is 2.19 bits per heavy atom. The quantitative estimate of drug-likeness (QED) is 0.726. The lowest BCUT2D eigenvalue weighted by atomic mass is 9.99. The van der Waals surface area contributed by atoms with Crippen LogP contribution < -0.4 is 5.32 Å². The van der Waals surface area contributed by atoms with E-state index >= 15 is 0 Å². The molecule has 2 atom stereocenters. The van der Waals surface area contributed by atoms with Crippen LogP contribution in [0.25, 0.3) is 0 Å². The Bertz CT molecular complexity index is 233. The van der Waals surface area contributed by atoms with Crippen molar-refractivity contribution in [2.75, 3.05) is 6.61 Å². The van der Waals surface area contributed by atoms with Crippen molar-refractivity contribution in [1.29, 1.82) is 5.26 Å². The molecular weight excluding hydrogens is 200 g/mol. The van der Waals surface area contributed by atoms with E-state index in [4.69, 9.17) is 10.00 Å². The minimum atomic E-state index is -0.481. The summed E-state index contributed by atoms with van der Waals surface area (Å²) in [4.78, 5) is 0. The van der Waals surface area contributed by atoms with Gasteiger partial charge in [-0.25, -0.2) is 0 Å². The molecule has 3 heteroatoms. The molecule has 3 nitrogen and oxygen atoms in total. The lowest BCUT2D eigenvalue weighted by molar-refractivity contribution is 0.0268. The van der Waals surface area contributed by atoms with Gasteiger partial charge >= 0.3 is 0 Å². The highest BCUT2D eigenvalue weighted by atomic mass is 16.5. The number of nitriles is 1. The van der Waals surface area contributed by atoms with Crippen LogP contribution in [0.15, 0.2) is 0 Å². The summed E-state index contributed by atoms with van der Waals surface area (Å²) >= 11 is 0. The fourth-order valence-corrected chi connectivity index (χ4v) is 1.44. The molecule has 0 amide bonds. The van der Waals surface area contributed by atoms with Crippen LogP contribution in [0.2, 0.25) is 0 Å². The van der Waals surface area contributed by atoms with Crippen molar-refractivity contribution in [2.45, 2.75) is 65.6 Å². The maximum Gasteiger partial charge on any atom is 0.106 e. The summed E-state index contributed by atoms with van der Waals surface area (Å²) in [5.74, 6) is 0.520. The second kappa shape index (κ2) is 6.88. The van der Waals surface area contributed by atoms with Gasteiger partial charge in [-0.05, 0) is 33.6 Å². The van der Waals surface area contributed by atoms with Gasteiger partial charge < -0.3 is 4.74 Å². The summed E-state index contributed by atoms with van der Waals surface area (Å²) in [6, 6.07) is 2.63. The lowest BCUT2D eigenvalue weighted by Crippen LogP contribution is -2.45. The lowest BCUT2D eigenvalue weighted by Gasteiger charge is -2.27. The second-order valence-electron chi connectivity index (χ2n) is 5.31. The molecule has 0 aromatic rings. The van der Waals surface area contributed by atoms with E-state index < -0.39 is 5.54 Å². The Labute approximate surface area is 100 Å². The molecule has 0 fully saturated rings. The molecule has 0 bridgehead atoms. The van der Waals surface area contributed by atoms with Crippen molar-refractivity contribution in [3.05, 3.63) is 0 Å². The van der Waals surface area contributed by atoms with Gasteiger partial charge in [0, 0.05) is 19.1 Å². The molecule has 0 rings (SSSR count). The molecule has 0 heterocycles. The van der Waals surface area contributed by atoms with Gasteiger partial charge in [-0.1, -0.05) is 13.8 Å². The summed E-state index contributed by atoms with van der Waals surface area (Å²) in [5.41, 5.74) is -0.481. The van der Waals surface area contributed by atoms with Crippen molar-refractivity contribution in [1.82, 2.24) is 5.32 Å². The maximum absolute atomic E-state index is 9.14. The summed E-state index contributed by atoms with van der Waals surface area (Å²) in [6.07, 6.45) is 0.973. The largest absolute Gasteiger partial charge is 0.378 e. The molecule has 0 aliphatic rings. The van der Waals surface area contributed by atoms with Crippen LogP contribution in [0.1, 0.15) is 48.0 Å². The van der Waals surface area contributed by atoms with E-state index in [-0.39, 0.29) is 6.10 Å². The van der Waals surface area contributed by atoms with Gasteiger partial charge in [0.15, 0.2) is 0 Å². The monoisotopic (exact) mass is 226 g/mol. The number of hydrogen-bond acceptors (Lipinski definition) is 3. The van der Waals surface area contributed by atoms with Crippen molar-refractivity contribution in [3.8, 4) is 6.07 Å². The smallest absolute Gasteiger partial charge is 0.106 e. The molecule has 0 spiro atoms. The Kier molecular flexibility index (Phi) is 6.62. The van der Waals surface area contributed by atoms with E-state index in [1.54, 1.807) is 0 Å². The van der Waals surface area contributed by atoms with Crippen molar-refractivity contribution < 1.29 is 4.74 Å². The van der Waals surface area contributed by atoms with E-state index in [1.807, 2.05) is 20.8 Å². The number of nitrogens with zero attached hydrogens (tertiary/aromatic N) is 1. The Balaban J connectivity index is 4.02. The highest BCUT2D eigenvalue weighted by molar-refractivity contribution is 5.04. The molecule has 0 aromatic heterocycles. The maximum atomic E-state index is 9.14. The Morgan fingerprint density at radius 1 is 1.25 bits per heavy atom. The van der Waals surface area contributed by atoms with Gasteiger partial charge in [-0.3, -0.25) is 5.32 Å². The number of rotatable bonds is 7. The number of hydrogen-bond donors (Lipinski definition) is 1. The molecule has 94 valence electrons. The SMILES string of the molecule is CC(C)NC(C)(C#N)CCOC(C)C(C)C. The van der Waals surface area contributed by atoms with Crippen molar-refractivity contribution in [3.63, 3.8) is 0 Å². The van der Waals surface area contributed by atoms with Gasteiger partial charge in [-0.2, -0.15) is 5.26 Å². The molecule has 0 radical (unpaired) electrons. The zero-order chi connectivity index (χ0) is 12.8. The third kappa shape index (κ3) is 6.09. The van der Waals surface area contributed by atoms with Gasteiger partial charge in [0.05, 0.1) is 12.2 Å². The highest BCUT2D eigenvalue weighted by Crippen LogP contribution is 2.12. The van der Waals surface area contributed by atoms with Crippen LogP contribution in [-0.4, -0.2) is 24.3 Å². The predicted octanol–water partition coefficient (Wildman–Crippen LogP) is 2.72. The standard InChI is InChI=1S/C13H26N2O/c1-10(2)12(5)16-8-7-13(6,9-14)15-11(3)4/h10-12,15H,7-8H2,1-6H3. The Hall–Kier alpha value is -0.590. The second-order valence-corrected chi connectivity index (χ2v) is 5.31. The first-order chi connectivity index (χ1) is 7.30. The van der Waals surface area contributed by atoms with Crippen LogP contribution >= 0.6 is 0 Å². The van der Waals surface area contributed by atoms with Crippen LogP contribution in [-0.2, 0) is 4.74 Å². The number of ether oxygens (including phenoxy) is 1. The fraction of sp³-hybridized carbons (Fsp3) is 0.923.